The molecule has 1 saturated carbocycles. The van der Waals surface area contributed by atoms with Crippen molar-refractivity contribution in [1.82, 2.24) is 10.6 Å². The second kappa shape index (κ2) is 10.9. The molecule has 5 N–H and O–H groups in total. The maximum Gasteiger partial charge on any atom is 0.307 e. The Bertz CT molecular complexity index is 1030. The summed E-state index contributed by atoms with van der Waals surface area (Å²) >= 11 is 0. The van der Waals surface area contributed by atoms with Gasteiger partial charge in [-0.05, 0) is 35.6 Å². The van der Waals surface area contributed by atoms with Gasteiger partial charge in [-0.3, -0.25) is 19.2 Å². The Kier molecular flexibility index (Phi) is 8.03. The molecule has 33 heavy (non-hydrogen) atoms. The molecule has 176 valence electrons. The molecule has 2 aromatic rings. The maximum absolute atomic E-state index is 13.1. The fourth-order valence-electron chi connectivity index (χ4n) is 4.57. The smallest absolute Gasteiger partial charge is 0.307 e. The van der Waals surface area contributed by atoms with Crippen LogP contribution < -0.4 is 16.4 Å². The van der Waals surface area contributed by atoms with E-state index in [0.29, 0.717) is 19.3 Å². The number of rotatable bonds is 9. The van der Waals surface area contributed by atoms with Gasteiger partial charge in [0, 0.05) is 6.42 Å². The largest absolute Gasteiger partial charge is 0.481 e. The zero-order valence-corrected chi connectivity index (χ0v) is 18.8. The highest BCUT2D eigenvalue weighted by Crippen LogP contribution is 2.30. The van der Waals surface area contributed by atoms with E-state index < -0.39 is 47.6 Å². The van der Waals surface area contributed by atoms with Crippen LogP contribution in [0.3, 0.4) is 0 Å². The van der Waals surface area contributed by atoms with Gasteiger partial charge >= 0.3 is 5.97 Å². The first kappa shape index (κ1) is 24.2. The summed E-state index contributed by atoms with van der Waals surface area (Å²) in [6, 6.07) is 11.6. The molecular formula is C25H31N3O5. The molecule has 0 unspecified atom stereocenters. The summed E-state index contributed by atoms with van der Waals surface area (Å²) in [4.78, 5) is 49.6. The van der Waals surface area contributed by atoms with Crippen molar-refractivity contribution >= 4 is 34.5 Å². The van der Waals surface area contributed by atoms with Crippen molar-refractivity contribution < 1.29 is 24.3 Å². The number of carbonyl (C=O) groups is 4. The Morgan fingerprint density at radius 2 is 1.64 bits per heavy atom. The molecule has 0 radical (unpaired) electrons. The number of amides is 3. The summed E-state index contributed by atoms with van der Waals surface area (Å²) < 4.78 is 0. The number of aliphatic carboxylic acids is 1. The Hall–Kier alpha value is -3.42. The Balaban J connectivity index is 1.87. The van der Waals surface area contributed by atoms with Gasteiger partial charge in [0.05, 0.1) is 11.8 Å². The van der Waals surface area contributed by atoms with E-state index in [4.69, 9.17) is 5.73 Å². The first-order chi connectivity index (χ1) is 15.8. The normalized spacial score (nSPS) is 19.9. The SMILES string of the molecule is CC[C@H](NC(=O)[C@H](Cc1cccc2ccccc12)NC(=O)[C@@H]1CCCC[C@H]1C(=O)O)C(N)=O. The van der Waals surface area contributed by atoms with Crippen LogP contribution in [-0.4, -0.2) is 40.9 Å². The number of carbonyl (C=O) groups excluding carboxylic acids is 3. The highest BCUT2D eigenvalue weighted by Gasteiger charge is 2.37. The summed E-state index contributed by atoms with van der Waals surface area (Å²) in [7, 11) is 0. The van der Waals surface area contributed by atoms with Crippen LogP contribution in [0.25, 0.3) is 10.8 Å². The monoisotopic (exact) mass is 453 g/mol. The van der Waals surface area contributed by atoms with Crippen LogP contribution in [0.4, 0.5) is 0 Å². The number of fused-ring (bicyclic) bond motifs is 1. The Labute approximate surface area is 192 Å². The van der Waals surface area contributed by atoms with Crippen molar-refractivity contribution in [2.45, 2.75) is 57.5 Å². The lowest BCUT2D eigenvalue weighted by molar-refractivity contribution is -0.149. The molecule has 3 amide bonds. The molecule has 0 saturated heterocycles. The number of nitrogens with one attached hydrogen (secondary N) is 2. The predicted molar refractivity (Wildman–Crippen MR) is 124 cm³/mol. The Morgan fingerprint density at radius 3 is 2.30 bits per heavy atom. The van der Waals surface area contributed by atoms with Crippen molar-refractivity contribution in [3.8, 4) is 0 Å². The van der Waals surface area contributed by atoms with Gasteiger partial charge in [-0.1, -0.05) is 62.2 Å². The molecule has 3 rings (SSSR count). The molecule has 1 aliphatic carbocycles. The van der Waals surface area contributed by atoms with Crippen molar-refractivity contribution in [2.24, 2.45) is 17.6 Å². The average molecular weight is 454 g/mol. The first-order valence-corrected chi connectivity index (χ1v) is 11.4. The van der Waals surface area contributed by atoms with Gasteiger partial charge in [-0.25, -0.2) is 0 Å². The van der Waals surface area contributed by atoms with Crippen LogP contribution in [0, 0.1) is 11.8 Å². The third-order valence-corrected chi connectivity index (χ3v) is 6.43. The van der Waals surface area contributed by atoms with Crippen LogP contribution >= 0.6 is 0 Å². The van der Waals surface area contributed by atoms with Gasteiger partial charge in [0.15, 0.2) is 0 Å². The van der Waals surface area contributed by atoms with E-state index in [9.17, 15) is 24.3 Å². The van der Waals surface area contributed by atoms with E-state index in [1.807, 2.05) is 42.5 Å². The van der Waals surface area contributed by atoms with E-state index in [1.165, 1.54) is 0 Å². The summed E-state index contributed by atoms with van der Waals surface area (Å²) in [5.74, 6) is -4.09. The second-order valence-corrected chi connectivity index (χ2v) is 8.61. The van der Waals surface area contributed by atoms with Crippen LogP contribution in [0.5, 0.6) is 0 Å². The number of hydrogen-bond donors (Lipinski definition) is 4. The summed E-state index contributed by atoms with van der Waals surface area (Å²) in [6.45, 7) is 1.73. The van der Waals surface area contributed by atoms with Crippen LogP contribution in [0.15, 0.2) is 42.5 Å². The number of carboxylic acid groups (broad SMARTS) is 1. The molecule has 1 aliphatic rings. The lowest BCUT2D eigenvalue weighted by Crippen LogP contribution is -2.55. The fraction of sp³-hybridized carbons (Fsp3) is 0.440. The van der Waals surface area contributed by atoms with Crippen molar-refractivity contribution in [2.75, 3.05) is 0 Å². The van der Waals surface area contributed by atoms with E-state index in [1.54, 1.807) is 6.92 Å². The molecular weight excluding hydrogens is 422 g/mol. The van der Waals surface area contributed by atoms with Crippen LogP contribution in [0.2, 0.25) is 0 Å². The zero-order valence-electron chi connectivity index (χ0n) is 18.8. The minimum Gasteiger partial charge on any atom is -0.481 e. The lowest BCUT2D eigenvalue weighted by Gasteiger charge is -2.29. The van der Waals surface area contributed by atoms with E-state index in [0.717, 1.165) is 29.2 Å². The molecule has 0 aliphatic heterocycles. The van der Waals surface area contributed by atoms with Crippen molar-refractivity contribution in [1.29, 1.82) is 0 Å². The maximum atomic E-state index is 13.1. The number of nitrogens with two attached hydrogens (primary N) is 1. The molecule has 2 aromatic carbocycles. The number of carboxylic acids is 1. The molecule has 0 aromatic heterocycles. The molecule has 1 fully saturated rings. The van der Waals surface area contributed by atoms with Crippen LogP contribution in [-0.2, 0) is 25.6 Å². The summed E-state index contributed by atoms with van der Waals surface area (Å²) in [5, 5.41) is 16.9. The number of primary amides is 1. The minimum absolute atomic E-state index is 0.193. The van der Waals surface area contributed by atoms with Gasteiger partial charge in [0.1, 0.15) is 12.1 Å². The van der Waals surface area contributed by atoms with Crippen molar-refractivity contribution in [3.05, 3.63) is 48.0 Å². The molecule has 0 heterocycles. The van der Waals surface area contributed by atoms with E-state index in [-0.39, 0.29) is 6.42 Å². The highest BCUT2D eigenvalue weighted by molar-refractivity contribution is 5.94. The first-order valence-electron chi connectivity index (χ1n) is 11.4. The number of hydrogen-bond acceptors (Lipinski definition) is 4. The second-order valence-electron chi connectivity index (χ2n) is 8.61. The standard InChI is InChI=1S/C25H31N3O5/c1-2-20(22(26)29)27-24(31)21(14-16-10-7-9-15-8-3-4-11-17(15)16)28-23(30)18-12-5-6-13-19(18)25(32)33/h3-4,7-11,18-21H,2,5-6,12-14H2,1H3,(H2,26,29)(H,27,31)(H,28,30)(H,32,33)/t18-,19-,20+,21+/m1/s1. The van der Waals surface area contributed by atoms with Gasteiger partial charge in [0.2, 0.25) is 17.7 Å². The number of benzene rings is 2. The molecule has 4 atom stereocenters. The zero-order chi connectivity index (χ0) is 24.0. The van der Waals surface area contributed by atoms with Gasteiger partial charge in [-0.2, -0.15) is 0 Å². The highest BCUT2D eigenvalue weighted by atomic mass is 16.4. The van der Waals surface area contributed by atoms with E-state index >= 15 is 0 Å². The summed E-state index contributed by atoms with van der Waals surface area (Å²) in [6.07, 6.45) is 2.94. The molecule has 8 nitrogen and oxygen atoms in total. The van der Waals surface area contributed by atoms with E-state index in [2.05, 4.69) is 10.6 Å². The van der Waals surface area contributed by atoms with Gasteiger partial charge in [-0.15, -0.1) is 0 Å². The predicted octanol–water partition coefficient (Wildman–Crippen LogP) is 2.14. The molecule has 0 spiro atoms. The average Bonchev–Trinajstić information content (AvgIpc) is 2.81. The molecule has 8 heteroatoms. The van der Waals surface area contributed by atoms with Gasteiger partial charge < -0.3 is 21.5 Å². The van der Waals surface area contributed by atoms with Gasteiger partial charge in [0.25, 0.3) is 0 Å². The van der Waals surface area contributed by atoms with Crippen molar-refractivity contribution in [3.63, 3.8) is 0 Å². The Morgan fingerprint density at radius 1 is 0.970 bits per heavy atom. The summed E-state index contributed by atoms with van der Waals surface area (Å²) in [5.41, 5.74) is 6.25. The quantitative estimate of drug-likeness (QED) is 0.461. The molecule has 0 bridgehead atoms. The third kappa shape index (κ3) is 5.88. The fourth-order valence-corrected chi connectivity index (χ4v) is 4.57. The van der Waals surface area contributed by atoms with Crippen LogP contribution in [0.1, 0.15) is 44.6 Å². The lowest BCUT2D eigenvalue weighted by atomic mass is 9.78. The third-order valence-electron chi connectivity index (χ3n) is 6.43. The topological polar surface area (TPSA) is 139 Å². The minimum atomic E-state index is -0.996.